The van der Waals surface area contributed by atoms with Crippen LogP contribution in [0.5, 0.6) is 0 Å². The van der Waals surface area contributed by atoms with Gasteiger partial charge in [-0.1, -0.05) is 24.3 Å². The molecule has 1 saturated heterocycles. The molecule has 26 heavy (non-hydrogen) atoms. The van der Waals surface area contributed by atoms with E-state index in [4.69, 9.17) is 0 Å². The number of anilines is 1. The van der Waals surface area contributed by atoms with Gasteiger partial charge in [-0.2, -0.15) is 4.31 Å². The fraction of sp³-hybridized carbons (Fsp3) is 0.316. The van der Waals surface area contributed by atoms with Crippen molar-refractivity contribution in [3.05, 3.63) is 59.9 Å². The van der Waals surface area contributed by atoms with Gasteiger partial charge in [-0.05, 0) is 49.6 Å². The fourth-order valence-corrected chi connectivity index (χ4v) is 4.62. The van der Waals surface area contributed by atoms with Gasteiger partial charge in [0.05, 0.1) is 10.8 Å². The third-order valence-electron chi connectivity index (χ3n) is 4.59. The molecule has 1 heterocycles. The van der Waals surface area contributed by atoms with Crippen LogP contribution in [0.3, 0.4) is 0 Å². The highest BCUT2D eigenvalue weighted by atomic mass is 32.2. The summed E-state index contributed by atoms with van der Waals surface area (Å²) in [6.45, 7) is 2.29. The average molecular weight is 376 g/mol. The van der Waals surface area contributed by atoms with Crippen LogP contribution in [0.4, 0.5) is 10.1 Å². The van der Waals surface area contributed by atoms with Crippen LogP contribution in [0.15, 0.2) is 53.4 Å². The highest BCUT2D eigenvalue weighted by Crippen LogP contribution is 2.25. The molecule has 0 aliphatic carbocycles. The summed E-state index contributed by atoms with van der Waals surface area (Å²) in [5.41, 5.74) is 1.17. The molecule has 0 aromatic heterocycles. The summed E-state index contributed by atoms with van der Waals surface area (Å²) in [6, 6.07) is 12.4. The second-order valence-corrected chi connectivity index (χ2v) is 8.40. The number of nitrogens with one attached hydrogen (secondary N) is 1. The first-order chi connectivity index (χ1) is 12.4. The van der Waals surface area contributed by atoms with Gasteiger partial charge in [-0.25, -0.2) is 12.8 Å². The van der Waals surface area contributed by atoms with Gasteiger partial charge in [-0.15, -0.1) is 0 Å². The van der Waals surface area contributed by atoms with Gasteiger partial charge in [0.1, 0.15) is 5.82 Å². The van der Waals surface area contributed by atoms with Crippen molar-refractivity contribution in [3.8, 4) is 0 Å². The number of benzene rings is 2. The van der Waals surface area contributed by atoms with Crippen molar-refractivity contribution in [2.24, 2.45) is 5.92 Å². The number of carbonyl (C=O) groups excluding carboxylic acids is 1. The number of amides is 1. The van der Waals surface area contributed by atoms with E-state index < -0.39 is 21.8 Å². The second-order valence-electron chi connectivity index (χ2n) is 6.46. The lowest BCUT2D eigenvalue weighted by Gasteiger charge is -2.31. The number of halogens is 1. The summed E-state index contributed by atoms with van der Waals surface area (Å²) >= 11 is 0. The molecular weight excluding hydrogens is 355 g/mol. The Labute approximate surface area is 152 Å². The van der Waals surface area contributed by atoms with Gasteiger partial charge in [0.2, 0.25) is 15.9 Å². The maximum atomic E-state index is 13.4. The van der Waals surface area contributed by atoms with Gasteiger partial charge in [0, 0.05) is 18.8 Å². The third kappa shape index (κ3) is 3.94. The van der Waals surface area contributed by atoms with E-state index in [0.29, 0.717) is 25.1 Å². The number of sulfonamides is 1. The lowest BCUT2D eigenvalue weighted by molar-refractivity contribution is -0.120. The summed E-state index contributed by atoms with van der Waals surface area (Å²) < 4.78 is 40.3. The van der Waals surface area contributed by atoms with Crippen molar-refractivity contribution in [1.82, 2.24) is 4.31 Å². The van der Waals surface area contributed by atoms with Crippen LogP contribution >= 0.6 is 0 Å². The van der Waals surface area contributed by atoms with Gasteiger partial charge < -0.3 is 5.32 Å². The topological polar surface area (TPSA) is 66.5 Å². The van der Waals surface area contributed by atoms with Crippen LogP contribution < -0.4 is 5.32 Å². The highest BCUT2D eigenvalue weighted by Gasteiger charge is 2.33. The second kappa shape index (κ2) is 7.55. The Morgan fingerprint density at radius 2 is 1.92 bits per heavy atom. The molecule has 1 atom stereocenters. The Morgan fingerprint density at radius 1 is 1.19 bits per heavy atom. The molecule has 0 unspecified atom stereocenters. The predicted molar refractivity (Wildman–Crippen MR) is 97.7 cm³/mol. The standard InChI is InChI=1S/C19H21FN2O3S/c1-14-9-10-16(20)12-18(14)21-19(23)15-6-5-11-22(13-15)26(24,25)17-7-3-2-4-8-17/h2-4,7-10,12,15H,5-6,11,13H2,1H3,(H,21,23)/t15-/m0/s1. The van der Waals surface area contributed by atoms with Crippen molar-refractivity contribution in [1.29, 1.82) is 0 Å². The van der Waals surface area contributed by atoms with Crippen molar-refractivity contribution in [3.63, 3.8) is 0 Å². The van der Waals surface area contributed by atoms with Crippen LogP contribution in [0, 0.1) is 18.7 Å². The Kier molecular flexibility index (Phi) is 5.38. The molecule has 3 rings (SSSR count). The molecule has 138 valence electrons. The van der Waals surface area contributed by atoms with E-state index in [1.54, 1.807) is 43.3 Å². The van der Waals surface area contributed by atoms with Crippen LogP contribution in [-0.2, 0) is 14.8 Å². The normalized spacial score (nSPS) is 18.5. The van der Waals surface area contributed by atoms with E-state index in [1.165, 1.54) is 16.4 Å². The molecule has 0 saturated carbocycles. The molecule has 1 aliphatic rings. The van der Waals surface area contributed by atoms with Gasteiger partial charge in [0.15, 0.2) is 0 Å². The summed E-state index contributed by atoms with van der Waals surface area (Å²) in [5, 5.41) is 2.73. The van der Waals surface area contributed by atoms with Crippen LogP contribution in [0.1, 0.15) is 18.4 Å². The number of hydrogen-bond acceptors (Lipinski definition) is 3. The average Bonchev–Trinajstić information content (AvgIpc) is 2.65. The van der Waals surface area contributed by atoms with Crippen molar-refractivity contribution in [2.45, 2.75) is 24.7 Å². The minimum absolute atomic E-state index is 0.122. The molecule has 1 aliphatic heterocycles. The number of nitrogens with zero attached hydrogens (tertiary/aromatic N) is 1. The number of piperidine rings is 1. The van der Waals surface area contributed by atoms with Gasteiger partial charge in [0.25, 0.3) is 0 Å². The van der Waals surface area contributed by atoms with E-state index in [1.807, 2.05) is 0 Å². The predicted octanol–water partition coefficient (Wildman–Crippen LogP) is 3.17. The SMILES string of the molecule is Cc1ccc(F)cc1NC(=O)[C@H]1CCCN(S(=O)(=O)c2ccccc2)C1. The van der Waals surface area contributed by atoms with Crippen LogP contribution in [0.2, 0.25) is 0 Å². The molecular formula is C19H21FN2O3S. The van der Waals surface area contributed by atoms with Crippen molar-refractivity contribution in [2.75, 3.05) is 18.4 Å². The Morgan fingerprint density at radius 3 is 2.65 bits per heavy atom. The molecule has 0 radical (unpaired) electrons. The summed E-state index contributed by atoms with van der Waals surface area (Å²) in [6.07, 6.45) is 1.20. The zero-order valence-corrected chi connectivity index (χ0v) is 15.3. The molecule has 1 fully saturated rings. The fourth-order valence-electron chi connectivity index (χ4n) is 3.08. The minimum atomic E-state index is -3.62. The lowest BCUT2D eigenvalue weighted by Crippen LogP contribution is -2.43. The zero-order chi connectivity index (χ0) is 18.7. The van der Waals surface area contributed by atoms with E-state index in [-0.39, 0.29) is 17.3 Å². The molecule has 0 spiro atoms. The summed E-state index contributed by atoms with van der Waals surface area (Å²) in [7, 11) is -3.62. The quantitative estimate of drug-likeness (QED) is 0.891. The molecule has 1 amide bonds. The minimum Gasteiger partial charge on any atom is -0.325 e. The first-order valence-corrected chi connectivity index (χ1v) is 9.94. The van der Waals surface area contributed by atoms with E-state index in [0.717, 1.165) is 5.56 Å². The smallest absolute Gasteiger partial charge is 0.243 e. The Balaban J connectivity index is 1.74. The van der Waals surface area contributed by atoms with Gasteiger partial charge >= 0.3 is 0 Å². The molecule has 2 aromatic rings. The van der Waals surface area contributed by atoms with Crippen LogP contribution in [-0.4, -0.2) is 31.7 Å². The van der Waals surface area contributed by atoms with Crippen LogP contribution in [0.25, 0.3) is 0 Å². The maximum absolute atomic E-state index is 13.4. The van der Waals surface area contributed by atoms with E-state index in [2.05, 4.69) is 5.32 Å². The van der Waals surface area contributed by atoms with Crippen molar-refractivity contribution < 1.29 is 17.6 Å². The molecule has 7 heteroatoms. The monoisotopic (exact) mass is 376 g/mol. The van der Waals surface area contributed by atoms with Crippen molar-refractivity contribution >= 4 is 21.6 Å². The summed E-state index contributed by atoms with van der Waals surface area (Å²) in [4.78, 5) is 12.8. The maximum Gasteiger partial charge on any atom is 0.243 e. The zero-order valence-electron chi connectivity index (χ0n) is 14.5. The largest absolute Gasteiger partial charge is 0.325 e. The van der Waals surface area contributed by atoms with E-state index >= 15 is 0 Å². The van der Waals surface area contributed by atoms with Gasteiger partial charge in [-0.3, -0.25) is 4.79 Å². The lowest BCUT2D eigenvalue weighted by atomic mass is 9.98. The first kappa shape index (κ1) is 18.5. The highest BCUT2D eigenvalue weighted by molar-refractivity contribution is 7.89. The number of rotatable bonds is 4. The first-order valence-electron chi connectivity index (χ1n) is 8.50. The summed E-state index contributed by atoms with van der Waals surface area (Å²) in [5.74, 6) is -1.18. The Bertz CT molecular complexity index is 900. The molecule has 5 nitrogen and oxygen atoms in total. The number of hydrogen-bond donors (Lipinski definition) is 1. The molecule has 2 aromatic carbocycles. The molecule has 1 N–H and O–H groups in total. The molecule has 0 bridgehead atoms. The third-order valence-corrected chi connectivity index (χ3v) is 6.47. The van der Waals surface area contributed by atoms with E-state index in [9.17, 15) is 17.6 Å². The number of aryl methyl sites for hydroxylation is 1. The Hall–Kier alpha value is -2.25. The number of carbonyl (C=O) groups is 1.